The normalized spacial score (nSPS) is 19.9. The smallest absolute Gasteiger partial charge is 0.299 e. The molecule has 1 aliphatic carbocycles. The third-order valence-electron chi connectivity index (χ3n) is 5.74. The number of hydrogen-bond acceptors (Lipinski definition) is 1. The Labute approximate surface area is 160 Å². The lowest BCUT2D eigenvalue weighted by atomic mass is 9.69. The molecule has 3 rings (SSSR count). The summed E-state index contributed by atoms with van der Waals surface area (Å²) in [5, 5.41) is 0. The zero-order valence-electron chi connectivity index (χ0n) is 15.9. The van der Waals surface area contributed by atoms with E-state index in [1.165, 1.54) is 11.1 Å². The quantitative estimate of drug-likeness (QED) is 0.531. The molecular weight excluding hydrogens is 347 g/mol. The summed E-state index contributed by atoms with van der Waals surface area (Å²) in [6.07, 6.45) is -1.14. The highest BCUT2D eigenvalue weighted by Gasteiger charge is 2.50. The van der Waals surface area contributed by atoms with Gasteiger partial charge in [0, 0.05) is 6.54 Å². The van der Waals surface area contributed by atoms with E-state index in [0.29, 0.717) is 6.42 Å². The highest BCUT2D eigenvalue weighted by atomic mass is 19.4. The van der Waals surface area contributed by atoms with Gasteiger partial charge in [-0.15, -0.1) is 0 Å². The summed E-state index contributed by atoms with van der Waals surface area (Å²) in [6, 6.07) is 18.3. The van der Waals surface area contributed by atoms with E-state index >= 15 is 0 Å². The Morgan fingerprint density at radius 3 is 2.19 bits per heavy atom. The number of alkyl halides is 3. The van der Waals surface area contributed by atoms with Crippen molar-refractivity contribution in [3.8, 4) is 0 Å². The maximum Gasteiger partial charge on any atom is 0.392 e. The number of halogens is 3. The molecule has 0 spiro atoms. The van der Waals surface area contributed by atoms with Crippen LogP contribution in [0.2, 0.25) is 0 Å². The van der Waals surface area contributed by atoms with Crippen LogP contribution in [0, 0.1) is 5.92 Å². The Bertz CT molecular complexity index is 694. The van der Waals surface area contributed by atoms with Crippen LogP contribution in [0.4, 0.5) is 13.2 Å². The van der Waals surface area contributed by atoms with Crippen molar-refractivity contribution in [2.75, 3.05) is 13.1 Å². The molecule has 4 heteroatoms. The molecule has 0 radical (unpaired) electrons. The average Bonchev–Trinajstić information content (AvgIpc) is 2.61. The first-order valence-corrected chi connectivity index (χ1v) is 9.89. The van der Waals surface area contributed by atoms with Crippen molar-refractivity contribution >= 4 is 0 Å². The predicted molar refractivity (Wildman–Crippen MR) is 104 cm³/mol. The Hall–Kier alpha value is -1.81. The number of nitrogens with zero attached hydrogens (tertiary/aromatic N) is 1. The van der Waals surface area contributed by atoms with E-state index in [1.807, 2.05) is 30.3 Å². The zero-order valence-corrected chi connectivity index (χ0v) is 15.9. The van der Waals surface area contributed by atoms with Crippen molar-refractivity contribution in [1.29, 1.82) is 0 Å². The van der Waals surface area contributed by atoms with E-state index in [9.17, 15) is 13.2 Å². The molecule has 1 nitrogen and oxygen atoms in total. The lowest BCUT2D eigenvalue weighted by molar-refractivity contribution is -0.200. The second-order valence-corrected chi connectivity index (χ2v) is 7.53. The largest absolute Gasteiger partial charge is 0.392 e. The molecule has 1 aliphatic rings. The fraction of sp³-hybridized carbons (Fsp3) is 0.478. The summed E-state index contributed by atoms with van der Waals surface area (Å²) < 4.78 is 38.8. The van der Waals surface area contributed by atoms with Crippen molar-refractivity contribution in [3.05, 3.63) is 71.3 Å². The topological polar surface area (TPSA) is 3.24 Å². The molecule has 0 heterocycles. The van der Waals surface area contributed by atoms with Gasteiger partial charge in [0.05, 0.1) is 5.92 Å². The third-order valence-corrected chi connectivity index (χ3v) is 5.74. The van der Waals surface area contributed by atoms with Crippen LogP contribution in [0.3, 0.4) is 0 Å². The van der Waals surface area contributed by atoms with Gasteiger partial charge in [-0.3, -0.25) is 4.90 Å². The second kappa shape index (κ2) is 8.92. The van der Waals surface area contributed by atoms with Gasteiger partial charge in [-0.05, 0) is 61.4 Å². The van der Waals surface area contributed by atoms with Crippen molar-refractivity contribution in [2.24, 2.45) is 5.92 Å². The molecule has 0 aliphatic heterocycles. The molecule has 2 aromatic carbocycles. The van der Waals surface area contributed by atoms with Gasteiger partial charge in [-0.1, -0.05) is 61.5 Å². The number of rotatable bonds is 8. The summed E-state index contributed by atoms with van der Waals surface area (Å²) in [5.41, 5.74) is 3.37. The van der Waals surface area contributed by atoms with Gasteiger partial charge >= 0.3 is 6.18 Å². The second-order valence-electron chi connectivity index (χ2n) is 7.53. The number of benzene rings is 2. The van der Waals surface area contributed by atoms with E-state index in [2.05, 4.69) is 36.1 Å². The summed E-state index contributed by atoms with van der Waals surface area (Å²) in [6.45, 7) is 5.16. The Kier molecular flexibility index (Phi) is 6.59. The van der Waals surface area contributed by atoms with Crippen molar-refractivity contribution in [2.45, 2.75) is 51.2 Å². The van der Waals surface area contributed by atoms with E-state index < -0.39 is 12.1 Å². The van der Waals surface area contributed by atoms with Gasteiger partial charge in [0.1, 0.15) is 0 Å². The first kappa shape index (κ1) is 19.9. The highest BCUT2D eigenvalue weighted by Crippen LogP contribution is 2.50. The van der Waals surface area contributed by atoms with Gasteiger partial charge in [0.15, 0.2) is 0 Å². The van der Waals surface area contributed by atoms with Crippen LogP contribution >= 0.6 is 0 Å². The van der Waals surface area contributed by atoms with Crippen LogP contribution in [-0.2, 0) is 13.0 Å². The van der Waals surface area contributed by atoms with Crippen LogP contribution in [0.25, 0.3) is 0 Å². The van der Waals surface area contributed by atoms with Crippen LogP contribution in [0.5, 0.6) is 0 Å². The molecule has 0 N–H and O–H groups in total. The van der Waals surface area contributed by atoms with Crippen molar-refractivity contribution < 1.29 is 13.2 Å². The molecule has 2 unspecified atom stereocenters. The van der Waals surface area contributed by atoms with Crippen LogP contribution in [0.1, 0.15) is 48.8 Å². The van der Waals surface area contributed by atoms with E-state index in [-0.39, 0.29) is 12.3 Å². The molecule has 2 aromatic rings. The Balaban J connectivity index is 1.47. The zero-order chi connectivity index (χ0) is 19.3. The maximum atomic E-state index is 12.9. The molecule has 146 valence electrons. The van der Waals surface area contributed by atoms with Gasteiger partial charge in [-0.2, -0.15) is 13.2 Å². The monoisotopic (exact) mass is 375 g/mol. The third kappa shape index (κ3) is 5.35. The molecule has 1 saturated carbocycles. The molecule has 0 amide bonds. The van der Waals surface area contributed by atoms with Crippen LogP contribution < -0.4 is 0 Å². The SMILES string of the molecule is CCN(CCCc1ccc(C2CCC2C(F)(F)F)cc1)Cc1ccccc1. The Morgan fingerprint density at radius 1 is 0.926 bits per heavy atom. The standard InChI is InChI=1S/C23H28F3N/c1-2-27(17-19-7-4-3-5-8-19)16-6-9-18-10-12-20(13-11-18)21-14-15-22(21)23(24,25)26/h3-5,7-8,10-13,21-22H,2,6,9,14-17H2,1H3. The lowest BCUT2D eigenvalue weighted by Gasteiger charge is -2.38. The summed E-state index contributed by atoms with van der Waals surface area (Å²) in [5.74, 6) is -1.50. The number of hydrogen-bond donors (Lipinski definition) is 0. The van der Waals surface area contributed by atoms with E-state index in [4.69, 9.17) is 0 Å². The molecular formula is C23H28F3N. The van der Waals surface area contributed by atoms with Crippen LogP contribution in [-0.4, -0.2) is 24.2 Å². The van der Waals surface area contributed by atoms with Gasteiger partial charge < -0.3 is 0 Å². The Morgan fingerprint density at radius 2 is 1.63 bits per heavy atom. The minimum absolute atomic E-state index is 0.268. The average molecular weight is 375 g/mol. The predicted octanol–water partition coefficient (Wildman–Crippen LogP) is 6.20. The lowest BCUT2D eigenvalue weighted by Crippen LogP contribution is -2.36. The molecule has 1 fully saturated rings. The van der Waals surface area contributed by atoms with Gasteiger partial charge in [0.25, 0.3) is 0 Å². The molecule has 0 aromatic heterocycles. The summed E-state index contributed by atoms with van der Waals surface area (Å²) in [7, 11) is 0. The van der Waals surface area contributed by atoms with Crippen molar-refractivity contribution in [3.63, 3.8) is 0 Å². The summed E-state index contributed by atoms with van der Waals surface area (Å²) >= 11 is 0. The summed E-state index contributed by atoms with van der Waals surface area (Å²) in [4.78, 5) is 2.42. The first-order chi connectivity index (χ1) is 13.0. The van der Waals surface area contributed by atoms with E-state index in [1.54, 1.807) is 0 Å². The fourth-order valence-electron chi connectivity index (χ4n) is 3.92. The first-order valence-electron chi connectivity index (χ1n) is 9.89. The molecule has 27 heavy (non-hydrogen) atoms. The fourth-order valence-corrected chi connectivity index (χ4v) is 3.92. The van der Waals surface area contributed by atoms with Crippen molar-refractivity contribution in [1.82, 2.24) is 4.90 Å². The highest BCUT2D eigenvalue weighted by molar-refractivity contribution is 5.28. The minimum Gasteiger partial charge on any atom is -0.299 e. The maximum absolute atomic E-state index is 12.9. The van der Waals surface area contributed by atoms with Gasteiger partial charge in [0.2, 0.25) is 0 Å². The van der Waals surface area contributed by atoms with Gasteiger partial charge in [-0.25, -0.2) is 0 Å². The minimum atomic E-state index is -4.07. The number of aryl methyl sites for hydroxylation is 1. The molecule has 0 saturated heterocycles. The molecule has 0 bridgehead atoms. The molecule has 2 atom stereocenters. The van der Waals surface area contributed by atoms with E-state index in [0.717, 1.165) is 38.0 Å². The van der Waals surface area contributed by atoms with Crippen LogP contribution in [0.15, 0.2) is 54.6 Å².